The van der Waals surface area contributed by atoms with Crippen molar-refractivity contribution in [2.45, 2.75) is 11.3 Å². The van der Waals surface area contributed by atoms with Crippen molar-refractivity contribution in [2.75, 3.05) is 17.6 Å². The number of hydrogen-bond acceptors (Lipinski definition) is 2. The van der Waals surface area contributed by atoms with Gasteiger partial charge in [0.15, 0.2) is 0 Å². The van der Waals surface area contributed by atoms with Crippen LogP contribution in [-0.4, -0.2) is 12.3 Å². The van der Waals surface area contributed by atoms with Gasteiger partial charge in [-0.1, -0.05) is 0 Å². The topological polar surface area (TPSA) is 12.0 Å². The number of hydrogen-bond donors (Lipinski definition) is 1. The van der Waals surface area contributed by atoms with Crippen molar-refractivity contribution in [2.24, 2.45) is 0 Å². The zero-order valence-corrected chi connectivity index (χ0v) is 7.76. The molecule has 1 N–H and O–H groups in total. The molecule has 0 amide bonds. The molecule has 2 rings (SSSR count). The van der Waals surface area contributed by atoms with E-state index in [2.05, 4.69) is 5.32 Å². The Hall–Kier alpha value is -0.770. The molecular weight excluding hydrogens is 192 g/mol. The molecule has 1 aromatic carbocycles. The molecule has 70 valence electrons. The van der Waals surface area contributed by atoms with Crippen molar-refractivity contribution < 1.29 is 8.78 Å². The minimum Gasteiger partial charge on any atom is -0.382 e. The summed E-state index contributed by atoms with van der Waals surface area (Å²) in [4.78, 5) is 0.676. The van der Waals surface area contributed by atoms with Crippen molar-refractivity contribution in [3.05, 3.63) is 23.8 Å². The van der Waals surface area contributed by atoms with Gasteiger partial charge in [0.05, 0.1) is 5.69 Å². The number of fused-ring (bicyclic) bond motifs is 1. The highest BCUT2D eigenvalue weighted by Gasteiger charge is 2.13. The molecule has 0 aliphatic carbocycles. The summed E-state index contributed by atoms with van der Waals surface area (Å²) < 4.78 is 26.0. The third-order valence-corrected chi connectivity index (χ3v) is 3.03. The van der Waals surface area contributed by atoms with Crippen LogP contribution < -0.4 is 5.32 Å². The minimum absolute atomic E-state index is 0.448. The van der Waals surface area contributed by atoms with E-state index in [1.807, 2.05) is 0 Å². The summed E-state index contributed by atoms with van der Waals surface area (Å²) in [7, 11) is 0. The summed E-state index contributed by atoms with van der Waals surface area (Å²) in [5, 5.41) is 2.96. The first kappa shape index (κ1) is 8.81. The molecule has 1 nitrogen and oxygen atoms in total. The lowest BCUT2D eigenvalue weighted by molar-refractivity contribution is 0.580. The Morgan fingerprint density at radius 2 is 2.15 bits per heavy atom. The van der Waals surface area contributed by atoms with Crippen molar-refractivity contribution >= 4 is 17.4 Å². The van der Waals surface area contributed by atoms with Gasteiger partial charge in [-0.2, -0.15) is 0 Å². The maximum atomic E-state index is 13.2. The van der Waals surface area contributed by atoms with Crippen LogP contribution in [0.15, 0.2) is 17.0 Å². The fourth-order valence-corrected chi connectivity index (χ4v) is 2.32. The van der Waals surface area contributed by atoms with Crippen LogP contribution >= 0.6 is 11.8 Å². The molecule has 4 heteroatoms. The Morgan fingerprint density at radius 1 is 1.31 bits per heavy atom. The largest absolute Gasteiger partial charge is 0.382 e. The first-order valence-electron chi connectivity index (χ1n) is 4.13. The molecule has 0 unspecified atom stereocenters. The van der Waals surface area contributed by atoms with Crippen LogP contribution in [0.5, 0.6) is 0 Å². The SMILES string of the molecule is Fc1cc(F)c2c(c1)SCCCN2. The first-order chi connectivity index (χ1) is 6.27. The van der Waals surface area contributed by atoms with Crippen molar-refractivity contribution in [1.29, 1.82) is 0 Å². The lowest BCUT2D eigenvalue weighted by Crippen LogP contribution is -2.02. The van der Waals surface area contributed by atoms with E-state index >= 15 is 0 Å². The summed E-state index contributed by atoms with van der Waals surface area (Å²) >= 11 is 1.50. The number of thioether (sulfide) groups is 1. The summed E-state index contributed by atoms with van der Waals surface area (Å²) in [5.41, 5.74) is 0.448. The molecule has 0 radical (unpaired) electrons. The molecule has 0 atom stereocenters. The van der Waals surface area contributed by atoms with Crippen molar-refractivity contribution in [3.8, 4) is 0 Å². The summed E-state index contributed by atoms with van der Waals surface area (Å²) in [6.45, 7) is 0.753. The summed E-state index contributed by atoms with van der Waals surface area (Å²) in [6, 6.07) is 2.29. The monoisotopic (exact) mass is 201 g/mol. The van der Waals surface area contributed by atoms with Crippen LogP contribution in [0.3, 0.4) is 0 Å². The van der Waals surface area contributed by atoms with E-state index in [0.29, 0.717) is 10.6 Å². The fourth-order valence-electron chi connectivity index (χ4n) is 1.30. The highest BCUT2D eigenvalue weighted by Crippen LogP contribution is 2.33. The van der Waals surface area contributed by atoms with Gasteiger partial charge in [-0.05, 0) is 18.2 Å². The van der Waals surface area contributed by atoms with Gasteiger partial charge in [0, 0.05) is 17.5 Å². The number of benzene rings is 1. The van der Waals surface area contributed by atoms with Crippen molar-refractivity contribution in [3.63, 3.8) is 0 Å². The summed E-state index contributed by atoms with van der Waals surface area (Å²) in [5.74, 6) is -0.0973. The molecular formula is C9H9F2NS. The van der Waals surface area contributed by atoms with Gasteiger partial charge in [-0.3, -0.25) is 0 Å². The Kier molecular flexibility index (Phi) is 2.40. The van der Waals surface area contributed by atoms with Crippen LogP contribution in [0.4, 0.5) is 14.5 Å². The molecule has 0 saturated heterocycles. The number of nitrogens with one attached hydrogen (secondary N) is 1. The lowest BCUT2D eigenvalue weighted by Gasteiger charge is -2.07. The highest BCUT2D eigenvalue weighted by molar-refractivity contribution is 7.99. The molecule has 1 heterocycles. The molecule has 0 bridgehead atoms. The second-order valence-corrected chi connectivity index (χ2v) is 4.03. The van der Waals surface area contributed by atoms with Gasteiger partial charge in [0.2, 0.25) is 0 Å². The summed E-state index contributed by atoms with van der Waals surface area (Å²) in [6.07, 6.45) is 0.973. The Balaban J connectivity index is 2.47. The predicted octanol–water partition coefficient (Wildman–Crippen LogP) is 2.87. The van der Waals surface area contributed by atoms with Crippen molar-refractivity contribution in [1.82, 2.24) is 0 Å². The minimum atomic E-state index is -0.507. The molecule has 0 fully saturated rings. The molecule has 1 aliphatic heterocycles. The predicted molar refractivity (Wildman–Crippen MR) is 50.2 cm³/mol. The normalized spacial score (nSPS) is 15.8. The van der Waals surface area contributed by atoms with Gasteiger partial charge in [0.1, 0.15) is 11.6 Å². The second-order valence-electron chi connectivity index (χ2n) is 2.89. The van der Waals surface area contributed by atoms with Gasteiger partial charge in [-0.15, -0.1) is 11.8 Å². The third kappa shape index (κ3) is 1.77. The smallest absolute Gasteiger partial charge is 0.150 e. The van der Waals surface area contributed by atoms with Gasteiger partial charge < -0.3 is 5.32 Å². The van der Waals surface area contributed by atoms with E-state index < -0.39 is 11.6 Å². The van der Waals surface area contributed by atoms with Gasteiger partial charge in [0.25, 0.3) is 0 Å². The second kappa shape index (κ2) is 3.54. The van der Waals surface area contributed by atoms with E-state index in [0.717, 1.165) is 24.8 Å². The molecule has 13 heavy (non-hydrogen) atoms. The molecule has 1 aliphatic rings. The number of rotatable bonds is 0. The molecule has 0 aromatic heterocycles. The average Bonchev–Trinajstić information content (AvgIpc) is 2.28. The highest BCUT2D eigenvalue weighted by atomic mass is 32.2. The van der Waals surface area contributed by atoms with E-state index in [1.165, 1.54) is 17.8 Å². The first-order valence-corrected chi connectivity index (χ1v) is 5.11. The Labute approximate surface area is 79.5 Å². The molecule has 0 saturated carbocycles. The Bertz CT molecular complexity index is 328. The number of halogens is 2. The zero-order valence-electron chi connectivity index (χ0n) is 6.94. The Morgan fingerprint density at radius 3 is 3.00 bits per heavy atom. The van der Waals surface area contributed by atoms with E-state index in [4.69, 9.17) is 0 Å². The quantitative estimate of drug-likeness (QED) is 0.692. The lowest BCUT2D eigenvalue weighted by atomic mass is 10.3. The number of anilines is 1. The zero-order chi connectivity index (χ0) is 9.26. The van der Waals surface area contributed by atoms with E-state index in [9.17, 15) is 8.78 Å². The van der Waals surface area contributed by atoms with Crippen LogP contribution in [0.25, 0.3) is 0 Å². The molecule has 0 spiro atoms. The molecule has 1 aromatic rings. The fraction of sp³-hybridized carbons (Fsp3) is 0.333. The van der Waals surface area contributed by atoms with Crippen LogP contribution in [0.1, 0.15) is 6.42 Å². The van der Waals surface area contributed by atoms with E-state index in [-0.39, 0.29) is 0 Å². The maximum Gasteiger partial charge on any atom is 0.150 e. The van der Waals surface area contributed by atoms with Crippen LogP contribution in [-0.2, 0) is 0 Å². The van der Waals surface area contributed by atoms with Gasteiger partial charge >= 0.3 is 0 Å². The van der Waals surface area contributed by atoms with Crippen LogP contribution in [0, 0.1) is 11.6 Å². The maximum absolute atomic E-state index is 13.2. The van der Waals surface area contributed by atoms with Crippen LogP contribution in [0.2, 0.25) is 0 Å². The van der Waals surface area contributed by atoms with Gasteiger partial charge in [-0.25, -0.2) is 8.78 Å². The average molecular weight is 201 g/mol. The van der Waals surface area contributed by atoms with E-state index in [1.54, 1.807) is 0 Å². The third-order valence-electron chi connectivity index (χ3n) is 1.90. The standard InChI is InChI=1S/C9H9F2NS/c10-6-4-7(11)9-8(5-6)13-3-1-2-12-9/h4-5,12H,1-3H2.